The number of carboxylic acids is 1. The van der Waals surface area contributed by atoms with Crippen LogP contribution in [-0.2, 0) is 14.6 Å². The van der Waals surface area contributed by atoms with Crippen molar-refractivity contribution >= 4 is 15.8 Å². The number of sulfone groups is 1. The molecule has 0 amide bonds. The molecule has 1 fully saturated rings. The maximum absolute atomic E-state index is 11.2. The normalized spacial score (nSPS) is 27.9. The van der Waals surface area contributed by atoms with Gasteiger partial charge in [0.05, 0.1) is 5.75 Å². The Balaban J connectivity index is 2.42. The summed E-state index contributed by atoms with van der Waals surface area (Å²) < 4.78 is 22.1. The van der Waals surface area contributed by atoms with Gasteiger partial charge in [-0.3, -0.25) is 4.79 Å². The molecule has 19 heavy (non-hydrogen) atoms. The van der Waals surface area contributed by atoms with E-state index in [-0.39, 0.29) is 11.7 Å². The summed E-state index contributed by atoms with van der Waals surface area (Å²) in [4.78, 5) is 13.1. The summed E-state index contributed by atoms with van der Waals surface area (Å²) >= 11 is 0. The third-order valence-corrected chi connectivity index (χ3v) is 4.90. The molecule has 1 aliphatic rings. The van der Waals surface area contributed by atoms with Gasteiger partial charge in [0.2, 0.25) is 0 Å². The molecule has 112 valence electrons. The van der Waals surface area contributed by atoms with Crippen molar-refractivity contribution in [3.05, 3.63) is 0 Å². The molecule has 0 aromatic heterocycles. The van der Waals surface area contributed by atoms with Gasteiger partial charge >= 0.3 is 5.97 Å². The van der Waals surface area contributed by atoms with E-state index >= 15 is 0 Å². The summed E-state index contributed by atoms with van der Waals surface area (Å²) in [5.41, 5.74) is 4.86. The molecule has 2 atom stereocenters. The third-order valence-electron chi connectivity index (χ3n) is 3.97. The molecule has 0 radical (unpaired) electrons. The highest BCUT2D eigenvalue weighted by molar-refractivity contribution is 7.90. The summed E-state index contributed by atoms with van der Waals surface area (Å²) in [6.07, 6.45) is 4.12. The number of hydrogen-bond donors (Lipinski definition) is 2. The van der Waals surface area contributed by atoms with Crippen LogP contribution in [0.4, 0.5) is 0 Å². The van der Waals surface area contributed by atoms with Crippen LogP contribution >= 0.6 is 0 Å². The molecule has 2 unspecified atom stereocenters. The quantitative estimate of drug-likeness (QED) is 0.681. The number of nitrogens with zero attached hydrogens (tertiary/aromatic N) is 1. The Hall–Kier alpha value is -0.660. The third kappa shape index (κ3) is 4.74. The molecule has 1 saturated carbocycles. The zero-order chi connectivity index (χ0) is 14.7. The molecule has 7 heteroatoms. The van der Waals surface area contributed by atoms with Gasteiger partial charge in [-0.1, -0.05) is 6.42 Å². The van der Waals surface area contributed by atoms with Crippen molar-refractivity contribution in [2.24, 2.45) is 11.7 Å². The van der Waals surface area contributed by atoms with Gasteiger partial charge in [0.1, 0.15) is 15.4 Å². The predicted octanol–water partition coefficient (Wildman–Crippen LogP) is -0.0649. The Morgan fingerprint density at radius 2 is 2.11 bits per heavy atom. The Morgan fingerprint density at radius 1 is 1.47 bits per heavy atom. The maximum Gasteiger partial charge on any atom is 0.323 e. The van der Waals surface area contributed by atoms with Crippen LogP contribution in [0.3, 0.4) is 0 Å². The molecule has 1 aliphatic carbocycles. The van der Waals surface area contributed by atoms with Gasteiger partial charge in [0.25, 0.3) is 0 Å². The van der Waals surface area contributed by atoms with Gasteiger partial charge in [-0.15, -0.1) is 0 Å². The molecule has 3 N–H and O–H groups in total. The first-order valence-corrected chi connectivity index (χ1v) is 8.60. The Labute approximate surface area is 114 Å². The van der Waals surface area contributed by atoms with Crippen LogP contribution in [0, 0.1) is 5.92 Å². The summed E-state index contributed by atoms with van der Waals surface area (Å²) in [7, 11) is -1.11. The lowest BCUT2D eigenvalue weighted by molar-refractivity contribution is -0.144. The monoisotopic (exact) mass is 292 g/mol. The average molecular weight is 292 g/mol. The van der Waals surface area contributed by atoms with Crippen LogP contribution in [0.25, 0.3) is 0 Å². The van der Waals surface area contributed by atoms with Crippen molar-refractivity contribution < 1.29 is 18.3 Å². The summed E-state index contributed by atoms with van der Waals surface area (Å²) in [6.45, 7) is 1.14. The predicted molar refractivity (Wildman–Crippen MR) is 73.7 cm³/mol. The minimum Gasteiger partial charge on any atom is -0.480 e. The Kier molecular flexibility index (Phi) is 5.34. The van der Waals surface area contributed by atoms with Crippen LogP contribution < -0.4 is 5.73 Å². The lowest BCUT2D eigenvalue weighted by atomic mass is 9.85. The van der Waals surface area contributed by atoms with Crippen molar-refractivity contribution in [3.63, 3.8) is 0 Å². The number of rotatable bonds is 7. The van der Waals surface area contributed by atoms with Crippen molar-refractivity contribution in [1.29, 1.82) is 0 Å². The standard InChI is InChI=1S/C12H24N2O4S/c1-14(8-9-19(2,17)18)7-5-10-4-3-6-12(10,13)11(15)16/h10H,3-9,13H2,1-2H3,(H,15,16). The molecular formula is C12H24N2O4S. The van der Waals surface area contributed by atoms with E-state index < -0.39 is 21.3 Å². The van der Waals surface area contributed by atoms with E-state index in [0.717, 1.165) is 12.8 Å². The Bertz CT molecular complexity index is 423. The second-order valence-corrected chi connectivity index (χ2v) is 7.92. The van der Waals surface area contributed by atoms with Gasteiger partial charge in [-0.25, -0.2) is 8.42 Å². The molecule has 0 heterocycles. The molecule has 0 saturated heterocycles. The summed E-state index contributed by atoms with van der Waals surface area (Å²) in [6, 6.07) is 0. The van der Waals surface area contributed by atoms with Gasteiger partial charge in [-0.05, 0) is 38.8 Å². The van der Waals surface area contributed by atoms with E-state index in [0.29, 0.717) is 25.9 Å². The smallest absolute Gasteiger partial charge is 0.323 e. The van der Waals surface area contributed by atoms with Gasteiger partial charge in [0, 0.05) is 12.8 Å². The van der Waals surface area contributed by atoms with Gasteiger partial charge < -0.3 is 15.7 Å². The number of carbonyl (C=O) groups is 1. The van der Waals surface area contributed by atoms with Crippen LogP contribution in [0.2, 0.25) is 0 Å². The highest BCUT2D eigenvalue weighted by Crippen LogP contribution is 2.36. The SMILES string of the molecule is CN(CCC1CCCC1(N)C(=O)O)CCS(C)(=O)=O. The van der Waals surface area contributed by atoms with E-state index in [1.807, 2.05) is 11.9 Å². The number of hydrogen-bond acceptors (Lipinski definition) is 5. The van der Waals surface area contributed by atoms with Crippen molar-refractivity contribution in [2.45, 2.75) is 31.2 Å². The molecule has 6 nitrogen and oxygen atoms in total. The van der Waals surface area contributed by atoms with E-state index in [1.54, 1.807) is 0 Å². The molecular weight excluding hydrogens is 268 g/mol. The average Bonchev–Trinajstić information content (AvgIpc) is 2.66. The highest BCUT2D eigenvalue weighted by atomic mass is 32.2. The first-order valence-electron chi connectivity index (χ1n) is 6.54. The first-order chi connectivity index (χ1) is 8.65. The fourth-order valence-corrected chi connectivity index (χ4v) is 3.24. The number of nitrogens with two attached hydrogens (primary N) is 1. The molecule has 0 bridgehead atoms. The molecule has 1 rings (SSSR count). The second kappa shape index (κ2) is 6.19. The molecule has 0 aliphatic heterocycles. The maximum atomic E-state index is 11.2. The topological polar surface area (TPSA) is 101 Å². The van der Waals surface area contributed by atoms with Gasteiger partial charge in [0.15, 0.2) is 0 Å². The first kappa shape index (κ1) is 16.4. The summed E-state index contributed by atoms with van der Waals surface area (Å²) in [5, 5.41) is 9.20. The van der Waals surface area contributed by atoms with Crippen LogP contribution in [0.1, 0.15) is 25.7 Å². The minimum absolute atomic E-state index is 0.0225. The highest BCUT2D eigenvalue weighted by Gasteiger charge is 2.45. The fourth-order valence-electron chi connectivity index (χ4n) is 2.60. The zero-order valence-electron chi connectivity index (χ0n) is 11.6. The van der Waals surface area contributed by atoms with E-state index in [9.17, 15) is 18.3 Å². The van der Waals surface area contributed by atoms with E-state index in [2.05, 4.69) is 0 Å². The van der Waals surface area contributed by atoms with Crippen molar-refractivity contribution in [1.82, 2.24) is 4.90 Å². The molecule has 0 spiro atoms. The number of carboxylic acid groups (broad SMARTS) is 1. The largest absolute Gasteiger partial charge is 0.480 e. The Morgan fingerprint density at radius 3 is 2.63 bits per heavy atom. The zero-order valence-corrected chi connectivity index (χ0v) is 12.4. The van der Waals surface area contributed by atoms with Crippen LogP contribution in [0.15, 0.2) is 0 Å². The molecule has 0 aromatic carbocycles. The number of aliphatic carboxylic acids is 1. The molecule has 0 aromatic rings. The van der Waals surface area contributed by atoms with Gasteiger partial charge in [-0.2, -0.15) is 0 Å². The van der Waals surface area contributed by atoms with Crippen molar-refractivity contribution in [3.8, 4) is 0 Å². The van der Waals surface area contributed by atoms with E-state index in [4.69, 9.17) is 5.73 Å². The van der Waals surface area contributed by atoms with Crippen LogP contribution in [0.5, 0.6) is 0 Å². The van der Waals surface area contributed by atoms with Crippen molar-refractivity contribution in [2.75, 3.05) is 32.1 Å². The lowest BCUT2D eigenvalue weighted by Gasteiger charge is -2.28. The van der Waals surface area contributed by atoms with Crippen LogP contribution in [-0.4, -0.2) is 62.1 Å². The summed E-state index contributed by atoms with van der Waals surface area (Å²) in [5.74, 6) is -0.819. The lowest BCUT2D eigenvalue weighted by Crippen LogP contribution is -2.51. The van der Waals surface area contributed by atoms with E-state index in [1.165, 1.54) is 6.26 Å². The second-order valence-electron chi connectivity index (χ2n) is 5.66. The fraction of sp³-hybridized carbons (Fsp3) is 0.917. The minimum atomic E-state index is -2.95.